The summed E-state index contributed by atoms with van der Waals surface area (Å²) in [5.41, 5.74) is 2.34. The van der Waals surface area contributed by atoms with Crippen molar-refractivity contribution >= 4 is 11.9 Å². The first-order chi connectivity index (χ1) is 14.1. The molecule has 0 aliphatic heterocycles. The molecule has 0 saturated heterocycles. The average molecular weight is 400 g/mol. The molecular weight excluding hydrogens is 362 g/mol. The number of amides is 3. The highest BCUT2D eigenvalue weighted by Crippen LogP contribution is 2.28. The van der Waals surface area contributed by atoms with Gasteiger partial charge in [0.05, 0.1) is 0 Å². The highest BCUT2D eigenvalue weighted by atomic mass is 16.2. The standard InChI is InChI=1S/C24H37N3O2/c1-18-7-9-19(10-8-18)16-26-24(29)27-17-21-13-11-20(12-14-21)15-25-23(28)22-5-3-2-4-6-22/h7-10,20-22H,2-6,11-17H2,1H3,(H,25,28)(H2,26,27,29). The van der Waals surface area contributed by atoms with Gasteiger partial charge in [-0.15, -0.1) is 0 Å². The zero-order valence-electron chi connectivity index (χ0n) is 17.8. The predicted molar refractivity (Wildman–Crippen MR) is 116 cm³/mol. The molecule has 0 radical (unpaired) electrons. The van der Waals surface area contributed by atoms with Crippen molar-refractivity contribution in [3.05, 3.63) is 35.4 Å². The largest absolute Gasteiger partial charge is 0.356 e. The minimum absolute atomic E-state index is 0.0903. The predicted octanol–water partition coefficient (Wildman–Crippen LogP) is 4.30. The van der Waals surface area contributed by atoms with Crippen LogP contribution in [0.1, 0.15) is 68.9 Å². The molecule has 2 fully saturated rings. The van der Waals surface area contributed by atoms with Gasteiger partial charge in [-0.3, -0.25) is 4.79 Å². The van der Waals surface area contributed by atoms with Crippen molar-refractivity contribution in [1.82, 2.24) is 16.0 Å². The van der Waals surface area contributed by atoms with Gasteiger partial charge in [-0.05, 0) is 62.8 Å². The van der Waals surface area contributed by atoms with Crippen molar-refractivity contribution in [3.63, 3.8) is 0 Å². The molecule has 0 spiro atoms. The minimum Gasteiger partial charge on any atom is -0.356 e. The van der Waals surface area contributed by atoms with Crippen LogP contribution in [0.3, 0.4) is 0 Å². The molecule has 2 saturated carbocycles. The lowest BCUT2D eigenvalue weighted by Crippen LogP contribution is -2.39. The monoisotopic (exact) mass is 399 g/mol. The molecule has 1 aromatic carbocycles. The molecule has 0 aromatic heterocycles. The Bertz CT molecular complexity index is 645. The van der Waals surface area contributed by atoms with E-state index in [1.165, 1.54) is 24.8 Å². The summed E-state index contributed by atoms with van der Waals surface area (Å²) in [6.45, 7) is 4.18. The zero-order chi connectivity index (χ0) is 20.5. The number of benzene rings is 1. The van der Waals surface area contributed by atoms with Crippen LogP contribution in [0.2, 0.25) is 0 Å². The summed E-state index contributed by atoms with van der Waals surface area (Å²) in [6.07, 6.45) is 10.4. The Morgan fingerprint density at radius 3 is 2.00 bits per heavy atom. The van der Waals surface area contributed by atoms with Crippen LogP contribution in [-0.2, 0) is 11.3 Å². The molecule has 0 unspecified atom stereocenters. The Hall–Kier alpha value is -2.04. The smallest absolute Gasteiger partial charge is 0.315 e. The highest BCUT2D eigenvalue weighted by Gasteiger charge is 2.24. The van der Waals surface area contributed by atoms with Crippen LogP contribution in [0, 0.1) is 24.7 Å². The van der Waals surface area contributed by atoms with Crippen molar-refractivity contribution in [2.45, 2.75) is 71.3 Å². The Labute approximate surface area is 175 Å². The lowest BCUT2D eigenvalue weighted by Gasteiger charge is -2.29. The van der Waals surface area contributed by atoms with Gasteiger partial charge in [0.25, 0.3) is 0 Å². The molecule has 3 rings (SSSR count). The molecule has 1 aromatic rings. The third kappa shape index (κ3) is 7.37. The number of aryl methyl sites for hydroxylation is 1. The summed E-state index contributed by atoms with van der Waals surface area (Å²) in [5, 5.41) is 9.16. The van der Waals surface area contributed by atoms with Crippen LogP contribution in [-0.4, -0.2) is 25.0 Å². The number of hydrogen-bond donors (Lipinski definition) is 3. The maximum atomic E-state index is 12.3. The topological polar surface area (TPSA) is 70.2 Å². The maximum absolute atomic E-state index is 12.3. The van der Waals surface area contributed by atoms with Gasteiger partial charge < -0.3 is 16.0 Å². The van der Waals surface area contributed by atoms with Gasteiger partial charge in [0, 0.05) is 25.6 Å². The molecule has 5 nitrogen and oxygen atoms in total. The van der Waals surface area contributed by atoms with Crippen LogP contribution >= 0.6 is 0 Å². The summed E-state index contributed by atoms with van der Waals surface area (Å²) >= 11 is 0. The first-order valence-corrected chi connectivity index (χ1v) is 11.4. The molecule has 0 bridgehead atoms. The normalized spacial score (nSPS) is 22.7. The summed E-state index contributed by atoms with van der Waals surface area (Å²) in [6, 6.07) is 8.12. The Balaban J connectivity index is 1.26. The second kappa shape index (κ2) is 11.2. The first-order valence-electron chi connectivity index (χ1n) is 11.4. The molecule has 3 amide bonds. The lowest BCUT2D eigenvalue weighted by atomic mass is 9.81. The van der Waals surface area contributed by atoms with Gasteiger partial charge in [0.15, 0.2) is 0 Å². The van der Waals surface area contributed by atoms with Gasteiger partial charge in [-0.25, -0.2) is 4.79 Å². The number of nitrogens with one attached hydrogen (secondary N) is 3. The molecule has 2 aliphatic carbocycles. The third-order valence-corrected chi connectivity index (χ3v) is 6.63. The summed E-state index contributed by atoms with van der Waals surface area (Å²) < 4.78 is 0. The van der Waals surface area contributed by atoms with Crippen LogP contribution < -0.4 is 16.0 Å². The van der Waals surface area contributed by atoms with E-state index < -0.39 is 0 Å². The van der Waals surface area contributed by atoms with Crippen LogP contribution in [0.25, 0.3) is 0 Å². The number of urea groups is 1. The van der Waals surface area contributed by atoms with E-state index in [0.717, 1.165) is 57.2 Å². The Morgan fingerprint density at radius 2 is 1.38 bits per heavy atom. The van der Waals surface area contributed by atoms with Crippen molar-refractivity contribution in [3.8, 4) is 0 Å². The van der Waals surface area contributed by atoms with Crippen molar-refractivity contribution < 1.29 is 9.59 Å². The average Bonchev–Trinajstić information content (AvgIpc) is 2.77. The molecule has 3 N–H and O–H groups in total. The number of carbonyl (C=O) groups is 2. The fraction of sp³-hybridized carbons (Fsp3) is 0.667. The summed E-state index contributed by atoms with van der Waals surface area (Å²) in [4.78, 5) is 24.3. The quantitative estimate of drug-likeness (QED) is 0.640. The fourth-order valence-corrected chi connectivity index (χ4v) is 4.58. The molecule has 0 atom stereocenters. The highest BCUT2D eigenvalue weighted by molar-refractivity contribution is 5.78. The van der Waals surface area contributed by atoms with E-state index in [9.17, 15) is 9.59 Å². The first kappa shape index (κ1) is 21.7. The fourth-order valence-electron chi connectivity index (χ4n) is 4.58. The molecule has 29 heavy (non-hydrogen) atoms. The number of hydrogen-bond acceptors (Lipinski definition) is 2. The second-order valence-electron chi connectivity index (χ2n) is 9.02. The molecule has 160 valence electrons. The maximum Gasteiger partial charge on any atom is 0.315 e. The lowest BCUT2D eigenvalue weighted by molar-refractivity contribution is -0.126. The van der Waals surface area contributed by atoms with Gasteiger partial charge in [0.2, 0.25) is 5.91 Å². The van der Waals surface area contributed by atoms with Crippen molar-refractivity contribution in [1.29, 1.82) is 0 Å². The zero-order valence-corrected chi connectivity index (χ0v) is 17.8. The molecule has 0 heterocycles. The van der Waals surface area contributed by atoms with Gasteiger partial charge in [-0.2, -0.15) is 0 Å². The number of carbonyl (C=O) groups excluding carboxylic acids is 2. The third-order valence-electron chi connectivity index (χ3n) is 6.63. The van der Waals surface area contributed by atoms with Crippen molar-refractivity contribution in [2.24, 2.45) is 17.8 Å². The van der Waals surface area contributed by atoms with E-state index in [4.69, 9.17) is 0 Å². The van der Waals surface area contributed by atoms with Crippen LogP contribution in [0.4, 0.5) is 4.79 Å². The van der Waals surface area contributed by atoms with E-state index in [1.807, 2.05) is 12.1 Å². The molecule has 2 aliphatic rings. The van der Waals surface area contributed by atoms with Gasteiger partial charge in [0.1, 0.15) is 0 Å². The summed E-state index contributed by atoms with van der Waals surface area (Å²) in [5.74, 6) is 1.67. The molecule has 5 heteroatoms. The minimum atomic E-state index is -0.0903. The second-order valence-corrected chi connectivity index (χ2v) is 9.02. The van der Waals surface area contributed by atoms with Crippen LogP contribution in [0.5, 0.6) is 0 Å². The van der Waals surface area contributed by atoms with E-state index in [2.05, 4.69) is 35.0 Å². The van der Waals surface area contributed by atoms with E-state index in [1.54, 1.807) is 0 Å². The van der Waals surface area contributed by atoms with Gasteiger partial charge in [-0.1, -0.05) is 49.1 Å². The summed E-state index contributed by atoms with van der Waals surface area (Å²) in [7, 11) is 0. The van der Waals surface area contributed by atoms with E-state index in [0.29, 0.717) is 18.4 Å². The SMILES string of the molecule is Cc1ccc(CNC(=O)NCC2CCC(CNC(=O)C3CCCCC3)CC2)cc1. The van der Waals surface area contributed by atoms with Crippen molar-refractivity contribution in [2.75, 3.05) is 13.1 Å². The number of rotatable bonds is 7. The van der Waals surface area contributed by atoms with E-state index in [-0.39, 0.29) is 17.9 Å². The van der Waals surface area contributed by atoms with E-state index >= 15 is 0 Å². The van der Waals surface area contributed by atoms with Gasteiger partial charge >= 0.3 is 6.03 Å². The van der Waals surface area contributed by atoms with Crippen LogP contribution in [0.15, 0.2) is 24.3 Å². The Kier molecular flexibility index (Phi) is 8.38. The molecular formula is C24H37N3O2. The Morgan fingerprint density at radius 1 is 0.793 bits per heavy atom.